The van der Waals surface area contributed by atoms with Crippen LogP contribution in [0.4, 0.5) is 0 Å². The fraction of sp³-hybridized carbons (Fsp3) is 0.340. The average molecular weight is 838 g/mol. The van der Waals surface area contributed by atoms with Gasteiger partial charge in [0.15, 0.2) is 6.29 Å². The van der Waals surface area contributed by atoms with Crippen LogP contribution in [0.15, 0.2) is 163 Å². The zero-order valence-electron chi connectivity index (χ0n) is 35.4. The molecule has 1 aliphatic heterocycles. The Labute approximate surface area is 363 Å². The highest BCUT2D eigenvalue weighted by Gasteiger charge is 2.49. The lowest BCUT2D eigenvalue weighted by Gasteiger charge is -2.45. The number of aromatic nitrogens is 2. The molecule has 12 heteroatoms. The van der Waals surface area contributed by atoms with Crippen LogP contribution in [0, 0.1) is 0 Å². The predicted octanol–water partition coefficient (Wildman–Crippen LogP) is 9.66. The second kappa shape index (κ2) is 22.9. The molecule has 7 rings (SSSR count). The van der Waals surface area contributed by atoms with Gasteiger partial charge in [-0.25, -0.2) is 4.98 Å². The van der Waals surface area contributed by atoms with Crippen LogP contribution in [0.1, 0.15) is 52.8 Å². The van der Waals surface area contributed by atoms with E-state index in [1.165, 1.54) is 0 Å². The summed E-state index contributed by atoms with van der Waals surface area (Å²) in [6.07, 6.45) is 3.14. The summed E-state index contributed by atoms with van der Waals surface area (Å²) in [5.74, 6) is 0.772. The Bertz CT molecular complexity index is 2200. The van der Waals surface area contributed by atoms with E-state index in [1.807, 2.05) is 91.3 Å². The Morgan fingerprint density at radius 3 is 1.81 bits per heavy atom. The van der Waals surface area contributed by atoms with Gasteiger partial charge in [0.25, 0.3) is 0 Å². The van der Waals surface area contributed by atoms with Gasteiger partial charge in [0.05, 0.1) is 45.6 Å². The standard InChI is InChI=1S/C50H55N5O7/c1-56-44-28-26-42(27-29-44)50(40-22-12-5-13-23-40,41-24-14-6-15-25-41)55-32-43(52-37-55)35-61-47-46(59-33-38-18-8-3-9-19-38)45(36-58-31-17-7-16-30-53-54-51)62-49(57-2)48(47)60-34-39-20-10-4-11-21-39/h3-6,8-15,18-29,32,37,45-49H,7,16-17,30-31,33-36H2,1-2H3/t45-,46-,47+,48-,49-/m1/s1. The second-order valence-electron chi connectivity index (χ2n) is 15.1. The molecule has 6 aromatic rings. The van der Waals surface area contributed by atoms with Crippen molar-refractivity contribution in [3.8, 4) is 5.75 Å². The van der Waals surface area contributed by atoms with E-state index in [0.29, 0.717) is 32.1 Å². The summed E-state index contributed by atoms with van der Waals surface area (Å²) in [5, 5.41) is 3.64. The minimum atomic E-state index is -0.784. The van der Waals surface area contributed by atoms with E-state index in [2.05, 4.69) is 81.5 Å². The van der Waals surface area contributed by atoms with Crippen molar-refractivity contribution in [1.82, 2.24) is 9.55 Å². The predicted molar refractivity (Wildman–Crippen MR) is 236 cm³/mol. The lowest BCUT2D eigenvalue weighted by atomic mass is 9.76. The van der Waals surface area contributed by atoms with Crippen LogP contribution in [0.3, 0.4) is 0 Å². The molecule has 2 heterocycles. The molecule has 5 aromatic carbocycles. The SMILES string of the molecule is COc1ccc(C(c2ccccc2)(c2ccccc2)n2cnc(CO[C@@H]3[C@@H](OCc4ccccc4)[C@H](OC)O[C@H](COCCCCCN=[N+]=[N-])[C@H]3OCc3ccccc3)c2)cc1. The van der Waals surface area contributed by atoms with Crippen molar-refractivity contribution in [1.29, 1.82) is 0 Å². The molecule has 1 aliphatic rings. The highest BCUT2D eigenvalue weighted by atomic mass is 16.7. The maximum Gasteiger partial charge on any atom is 0.186 e. The number of imidazole rings is 1. The highest BCUT2D eigenvalue weighted by Crippen LogP contribution is 2.41. The van der Waals surface area contributed by atoms with Crippen LogP contribution in [0.25, 0.3) is 10.4 Å². The summed E-state index contributed by atoms with van der Waals surface area (Å²) in [5.41, 5.74) is 13.7. The molecular formula is C50H55N5O7. The quantitative estimate of drug-likeness (QED) is 0.0205. The number of hydrogen-bond donors (Lipinski definition) is 0. The Morgan fingerprint density at radius 2 is 1.23 bits per heavy atom. The molecule has 5 atom stereocenters. The van der Waals surface area contributed by atoms with Crippen molar-refractivity contribution >= 4 is 0 Å². The van der Waals surface area contributed by atoms with Crippen LogP contribution < -0.4 is 4.74 Å². The molecular weight excluding hydrogens is 783 g/mol. The van der Waals surface area contributed by atoms with Crippen LogP contribution in [-0.4, -0.2) is 74.2 Å². The van der Waals surface area contributed by atoms with E-state index < -0.39 is 36.2 Å². The summed E-state index contributed by atoms with van der Waals surface area (Å²) in [4.78, 5) is 7.83. The van der Waals surface area contributed by atoms with Gasteiger partial charge in [-0.1, -0.05) is 145 Å². The molecule has 322 valence electrons. The average Bonchev–Trinajstić information content (AvgIpc) is 3.81. The molecule has 62 heavy (non-hydrogen) atoms. The van der Waals surface area contributed by atoms with Crippen molar-refractivity contribution < 1.29 is 33.2 Å². The normalized spacial score (nSPS) is 18.8. The first-order valence-corrected chi connectivity index (χ1v) is 21.1. The van der Waals surface area contributed by atoms with E-state index >= 15 is 0 Å². The van der Waals surface area contributed by atoms with Crippen molar-refractivity contribution in [2.24, 2.45) is 5.11 Å². The van der Waals surface area contributed by atoms with Crippen molar-refractivity contribution in [3.63, 3.8) is 0 Å². The molecule has 0 radical (unpaired) electrons. The third-order valence-electron chi connectivity index (χ3n) is 11.1. The summed E-state index contributed by atoms with van der Waals surface area (Å²) in [6.45, 7) is 2.00. The van der Waals surface area contributed by atoms with Gasteiger partial charge in [0.2, 0.25) is 0 Å². The molecule has 1 aromatic heterocycles. The summed E-state index contributed by atoms with van der Waals surface area (Å²) < 4.78 is 47.1. The highest BCUT2D eigenvalue weighted by molar-refractivity contribution is 5.51. The number of azide groups is 1. The van der Waals surface area contributed by atoms with Gasteiger partial charge in [0.1, 0.15) is 35.7 Å². The lowest BCUT2D eigenvalue weighted by Crippen LogP contribution is -2.61. The van der Waals surface area contributed by atoms with Crippen LogP contribution in [0.5, 0.6) is 5.75 Å². The fourth-order valence-corrected chi connectivity index (χ4v) is 8.05. The van der Waals surface area contributed by atoms with E-state index in [4.69, 9.17) is 43.7 Å². The monoisotopic (exact) mass is 837 g/mol. The Kier molecular flexibility index (Phi) is 16.3. The van der Waals surface area contributed by atoms with Gasteiger partial charge in [0, 0.05) is 31.4 Å². The Balaban J connectivity index is 1.21. The van der Waals surface area contributed by atoms with Gasteiger partial charge in [-0.15, -0.1) is 0 Å². The zero-order valence-corrected chi connectivity index (χ0v) is 35.4. The molecule has 0 saturated carbocycles. The summed E-state index contributed by atoms with van der Waals surface area (Å²) in [6, 6.07) is 49.1. The van der Waals surface area contributed by atoms with E-state index in [1.54, 1.807) is 14.2 Å². The topological polar surface area (TPSA) is 131 Å². The fourth-order valence-electron chi connectivity index (χ4n) is 8.05. The number of ether oxygens (including phenoxy) is 7. The lowest BCUT2D eigenvalue weighted by molar-refractivity contribution is -0.323. The molecule has 0 bridgehead atoms. The number of hydrogen-bond acceptors (Lipinski definition) is 9. The molecule has 0 aliphatic carbocycles. The number of benzene rings is 5. The van der Waals surface area contributed by atoms with Crippen LogP contribution in [0.2, 0.25) is 0 Å². The van der Waals surface area contributed by atoms with E-state index in [9.17, 15) is 0 Å². The minimum absolute atomic E-state index is 0.144. The van der Waals surface area contributed by atoms with Crippen molar-refractivity contribution in [2.75, 3.05) is 34.0 Å². The van der Waals surface area contributed by atoms with Gasteiger partial charge in [-0.05, 0) is 58.3 Å². The largest absolute Gasteiger partial charge is 0.497 e. The second-order valence-corrected chi connectivity index (χ2v) is 15.1. The van der Waals surface area contributed by atoms with Crippen molar-refractivity contribution in [3.05, 3.63) is 202 Å². The third kappa shape index (κ3) is 11.0. The van der Waals surface area contributed by atoms with Crippen molar-refractivity contribution in [2.45, 2.75) is 75.3 Å². The first-order chi connectivity index (χ1) is 30.6. The number of methoxy groups -OCH3 is 2. The minimum Gasteiger partial charge on any atom is -0.497 e. The molecule has 0 unspecified atom stereocenters. The van der Waals surface area contributed by atoms with Gasteiger partial charge >= 0.3 is 0 Å². The molecule has 0 N–H and O–H groups in total. The molecule has 12 nitrogen and oxygen atoms in total. The number of nitrogens with zero attached hydrogens (tertiary/aromatic N) is 5. The molecule has 0 amide bonds. The van der Waals surface area contributed by atoms with Gasteiger partial charge < -0.3 is 37.7 Å². The van der Waals surface area contributed by atoms with Gasteiger partial charge in [-0.2, -0.15) is 0 Å². The van der Waals surface area contributed by atoms with Gasteiger partial charge in [-0.3, -0.25) is 0 Å². The molecule has 1 saturated heterocycles. The van der Waals surface area contributed by atoms with E-state index in [-0.39, 0.29) is 13.2 Å². The maximum atomic E-state index is 8.62. The third-order valence-corrected chi connectivity index (χ3v) is 11.1. The smallest absolute Gasteiger partial charge is 0.186 e. The summed E-state index contributed by atoms with van der Waals surface area (Å²) in [7, 11) is 3.29. The zero-order chi connectivity index (χ0) is 42.8. The van der Waals surface area contributed by atoms with E-state index in [0.717, 1.165) is 52.8 Å². The maximum absolute atomic E-state index is 8.62. The molecule has 0 spiro atoms. The first-order valence-electron chi connectivity index (χ1n) is 21.1. The molecule has 1 fully saturated rings. The number of rotatable bonds is 23. The Hall–Kier alpha value is -5.82. The first kappa shape index (κ1) is 44.2. The Morgan fingerprint density at radius 1 is 0.661 bits per heavy atom. The van der Waals surface area contributed by atoms with Crippen LogP contribution in [-0.2, 0) is 53.8 Å². The number of unbranched alkanes of at least 4 members (excludes halogenated alkanes) is 2. The summed E-state index contributed by atoms with van der Waals surface area (Å²) >= 11 is 0. The van der Waals surface area contributed by atoms with Crippen LogP contribution >= 0.6 is 0 Å².